The monoisotopic (exact) mass is 304 g/mol. The van der Waals surface area contributed by atoms with Crippen molar-refractivity contribution in [3.63, 3.8) is 0 Å². The van der Waals surface area contributed by atoms with Gasteiger partial charge in [-0.3, -0.25) is 4.79 Å². The quantitative estimate of drug-likeness (QED) is 0.569. The summed E-state index contributed by atoms with van der Waals surface area (Å²) >= 11 is 0. The van der Waals surface area contributed by atoms with E-state index in [1.165, 1.54) is 25.7 Å². The fourth-order valence-electron chi connectivity index (χ4n) is 6.93. The lowest BCUT2D eigenvalue weighted by molar-refractivity contribution is -0.131. The number of Topliss-reactive ketones (excluding diaryl/α,β-unsaturated/α-hetero) is 1. The highest BCUT2D eigenvalue weighted by Gasteiger charge is 2.57. The van der Waals surface area contributed by atoms with Crippen LogP contribution in [0.2, 0.25) is 0 Å². The molecule has 0 saturated heterocycles. The van der Waals surface area contributed by atoms with Crippen molar-refractivity contribution in [3.05, 3.63) is 11.6 Å². The SMILES string of the molecule is CC=C1CC[C@H]2[C@@H]3C[C@@H](F)[C@H]4CC(=O)CC[C@@H]4[C@H]3CC[C@]12C. The maximum atomic E-state index is 14.9. The fraction of sp³-hybridized carbons (Fsp3) is 0.850. The van der Waals surface area contributed by atoms with Gasteiger partial charge >= 0.3 is 0 Å². The van der Waals surface area contributed by atoms with Gasteiger partial charge in [0.15, 0.2) is 0 Å². The number of fused-ring (bicyclic) bond motifs is 5. The summed E-state index contributed by atoms with van der Waals surface area (Å²) in [6.07, 6.45) is 9.57. The second-order valence-electron chi connectivity index (χ2n) is 8.60. The Labute approximate surface area is 133 Å². The first-order valence-electron chi connectivity index (χ1n) is 9.36. The molecule has 7 atom stereocenters. The van der Waals surface area contributed by atoms with E-state index < -0.39 is 6.17 Å². The molecule has 0 unspecified atom stereocenters. The number of ketones is 1. The third-order valence-corrected chi connectivity index (χ3v) is 7.97. The van der Waals surface area contributed by atoms with Crippen LogP contribution in [0.3, 0.4) is 0 Å². The van der Waals surface area contributed by atoms with Crippen LogP contribution < -0.4 is 0 Å². The Morgan fingerprint density at radius 1 is 1.09 bits per heavy atom. The highest BCUT2D eigenvalue weighted by atomic mass is 19.1. The molecule has 0 N–H and O–H groups in total. The average Bonchev–Trinajstić information content (AvgIpc) is 2.84. The summed E-state index contributed by atoms with van der Waals surface area (Å²) in [5.74, 6) is 2.80. The van der Waals surface area contributed by atoms with E-state index in [-0.39, 0.29) is 5.92 Å². The number of carbonyl (C=O) groups excluding carboxylic acids is 1. The minimum absolute atomic E-state index is 0.0504. The predicted molar refractivity (Wildman–Crippen MR) is 86.2 cm³/mol. The van der Waals surface area contributed by atoms with Crippen LogP contribution in [-0.4, -0.2) is 12.0 Å². The maximum Gasteiger partial charge on any atom is 0.133 e. The molecule has 0 amide bonds. The molecule has 0 heterocycles. The van der Waals surface area contributed by atoms with Gasteiger partial charge in [0, 0.05) is 18.8 Å². The summed E-state index contributed by atoms with van der Waals surface area (Å²) in [5.41, 5.74) is 1.97. The zero-order valence-electron chi connectivity index (χ0n) is 14.0. The maximum absolute atomic E-state index is 14.9. The topological polar surface area (TPSA) is 17.1 Å². The molecule has 0 aromatic rings. The Morgan fingerprint density at radius 3 is 2.64 bits per heavy atom. The standard InChI is InChI=1S/C20H29FO/c1-3-12-4-7-18-16-11-19(21)17-10-13(22)5-6-14(17)15(16)8-9-20(12,18)2/h3,14-19H,4-11H2,1-2H3/t14-,15-,16-,17+,18+,19-,20-/m1/s1. The van der Waals surface area contributed by atoms with Crippen molar-refractivity contribution in [3.8, 4) is 0 Å². The van der Waals surface area contributed by atoms with Gasteiger partial charge in [-0.05, 0) is 74.5 Å². The van der Waals surface area contributed by atoms with Crippen molar-refractivity contribution in [1.29, 1.82) is 0 Å². The van der Waals surface area contributed by atoms with E-state index in [1.807, 2.05) is 0 Å². The number of halogens is 1. The third kappa shape index (κ3) is 1.98. The largest absolute Gasteiger partial charge is 0.300 e. The van der Waals surface area contributed by atoms with E-state index in [0.29, 0.717) is 47.7 Å². The van der Waals surface area contributed by atoms with Gasteiger partial charge in [-0.25, -0.2) is 4.39 Å². The molecular formula is C20H29FO. The second kappa shape index (κ2) is 5.18. The number of carbonyl (C=O) groups is 1. The van der Waals surface area contributed by atoms with Crippen LogP contribution in [0.15, 0.2) is 11.6 Å². The molecule has 4 rings (SSSR count). The molecule has 4 saturated carbocycles. The molecule has 0 aliphatic heterocycles. The molecule has 0 aromatic heterocycles. The van der Waals surface area contributed by atoms with Gasteiger partial charge in [0.2, 0.25) is 0 Å². The Kier molecular flexibility index (Phi) is 3.51. The van der Waals surface area contributed by atoms with Gasteiger partial charge < -0.3 is 0 Å². The first kappa shape index (κ1) is 14.9. The van der Waals surface area contributed by atoms with Gasteiger partial charge in [-0.15, -0.1) is 0 Å². The lowest BCUT2D eigenvalue weighted by Crippen LogP contribution is -2.51. The van der Waals surface area contributed by atoms with Crippen LogP contribution in [0, 0.1) is 35.0 Å². The molecule has 2 heteroatoms. The lowest BCUT2D eigenvalue weighted by atomic mass is 9.50. The molecule has 0 radical (unpaired) electrons. The Bertz CT molecular complexity index is 510. The van der Waals surface area contributed by atoms with Gasteiger partial charge in [-0.1, -0.05) is 18.6 Å². The molecule has 0 spiro atoms. The summed E-state index contributed by atoms with van der Waals surface area (Å²) < 4.78 is 14.9. The minimum atomic E-state index is -0.729. The molecule has 122 valence electrons. The molecule has 0 aromatic carbocycles. The first-order chi connectivity index (χ1) is 10.5. The number of hydrogen-bond acceptors (Lipinski definition) is 1. The highest BCUT2D eigenvalue weighted by Crippen LogP contribution is 2.64. The lowest BCUT2D eigenvalue weighted by Gasteiger charge is -2.55. The van der Waals surface area contributed by atoms with Crippen LogP contribution in [-0.2, 0) is 4.79 Å². The van der Waals surface area contributed by atoms with E-state index in [4.69, 9.17) is 0 Å². The summed E-state index contributed by atoms with van der Waals surface area (Å²) in [4.78, 5) is 11.8. The molecule has 4 aliphatic rings. The normalized spacial score (nSPS) is 53.0. The molecule has 22 heavy (non-hydrogen) atoms. The van der Waals surface area contributed by atoms with Gasteiger partial charge in [0.1, 0.15) is 12.0 Å². The number of hydrogen-bond donors (Lipinski definition) is 0. The Hall–Kier alpha value is -0.660. The van der Waals surface area contributed by atoms with Crippen molar-refractivity contribution < 1.29 is 9.18 Å². The first-order valence-corrected chi connectivity index (χ1v) is 9.36. The second-order valence-corrected chi connectivity index (χ2v) is 8.60. The van der Waals surface area contributed by atoms with E-state index >= 15 is 0 Å². The van der Waals surface area contributed by atoms with Gasteiger partial charge in [0.25, 0.3) is 0 Å². The summed E-state index contributed by atoms with van der Waals surface area (Å²) in [6.45, 7) is 4.62. The number of alkyl halides is 1. The van der Waals surface area contributed by atoms with Crippen LogP contribution >= 0.6 is 0 Å². The minimum Gasteiger partial charge on any atom is -0.300 e. The molecule has 4 fully saturated rings. The third-order valence-electron chi connectivity index (χ3n) is 7.97. The van der Waals surface area contributed by atoms with Crippen molar-refractivity contribution in [1.82, 2.24) is 0 Å². The average molecular weight is 304 g/mol. The number of allylic oxidation sites excluding steroid dienone is 2. The van der Waals surface area contributed by atoms with E-state index in [2.05, 4.69) is 19.9 Å². The van der Waals surface area contributed by atoms with Crippen LogP contribution in [0.25, 0.3) is 0 Å². The van der Waals surface area contributed by atoms with Gasteiger partial charge in [-0.2, -0.15) is 0 Å². The van der Waals surface area contributed by atoms with Crippen LogP contribution in [0.1, 0.15) is 65.2 Å². The van der Waals surface area contributed by atoms with E-state index in [1.54, 1.807) is 5.57 Å². The highest BCUT2D eigenvalue weighted by molar-refractivity contribution is 5.79. The molecular weight excluding hydrogens is 275 g/mol. The summed E-state index contributed by atoms with van der Waals surface area (Å²) in [7, 11) is 0. The van der Waals surface area contributed by atoms with E-state index in [0.717, 1.165) is 12.8 Å². The summed E-state index contributed by atoms with van der Waals surface area (Å²) in [5, 5.41) is 0. The van der Waals surface area contributed by atoms with Crippen molar-refractivity contribution in [2.75, 3.05) is 0 Å². The van der Waals surface area contributed by atoms with Crippen molar-refractivity contribution in [2.45, 2.75) is 71.4 Å². The Balaban J connectivity index is 1.63. The summed E-state index contributed by atoms with van der Waals surface area (Å²) in [6, 6.07) is 0. The molecule has 4 aliphatic carbocycles. The fourth-order valence-corrected chi connectivity index (χ4v) is 6.93. The van der Waals surface area contributed by atoms with Crippen molar-refractivity contribution in [2.24, 2.45) is 35.0 Å². The zero-order chi connectivity index (χ0) is 15.5. The number of rotatable bonds is 0. The zero-order valence-corrected chi connectivity index (χ0v) is 14.0. The smallest absolute Gasteiger partial charge is 0.133 e. The molecule has 0 bridgehead atoms. The van der Waals surface area contributed by atoms with Crippen LogP contribution in [0.4, 0.5) is 4.39 Å². The molecule has 1 nitrogen and oxygen atoms in total. The predicted octanol–water partition coefficient (Wildman–Crippen LogP) is 5.10. The van der Waals surface area contributed by atoms with Gasteiger partial charge in [0.05, 0.1) is 0 Å². The van der Waals surface area contributed by atoms with Crippen LogP contribution in [0.5, 0.6) is 0 Å². The van der Waals surface area contributed by atoms with E-state index in [9.17, 15) is 9.18 Å². The van der Waals surface area contributed by atoms with Crippen molar-refractivity contribution >= 4 is 5.78 Å². The Morgan fingerprint density at radius 2 is 1.86 bits per heavy atom.